The average Bonchev–Trinajstić information content (AvgIpc) is 2.58. The Morgan fingerprint density at radius 3 is 2.22 bits per heavy atom. The number of aliphatic imine (C=N–C) groups is 1. The van der Waals surface area contributed by atoms with E-state index in [-0.39, 0.29) is 0 Å². The lowest BCUT2D eigenvalue weighted by Crippen LogP contribution is -2.36. The van der Waals surface area contributed by atoms with Gasteiger partial charge >= 0.3 is 0 Å². The van der Waals surface area contributed by atoms with Gasteiger partial charge in [-0.3, -0.25) is 0 Å². The van der Waals surface area contributed by atoms with E-state index in [1.807, 2.05) is 32.3 Å². The van der Waals surface area contributed by atoms with Crippen LogP contribution in [-0.2, 0) is 13.1 Å². The maximum absolute atomic E-state index is 4.63. The van der Waals surface area contributed by atoms with Gasteiger partial charge in [0, 0.05) is 32.9 Å². The van der Waals surface area contributed by atoms with Gasteiger partial charge in [-0.1, -0.05) is 42.5 Å². The fourth-order valence-electron chi connectivity index (χ4n) is 2.19. The molecule has 0 fully saturated rings. The maximum atomic E-state index is 4.63. The molecule has 0 heterocycles. The van der Waals surface area contributed by atoms with Crippen molar-refractivity contribution >= 4 is 11.6 Å². The predicted octanol–water partition coefficient (Wildman–Crippen LogP) is 3.01. The lowest BCUT2D eigenvalue weighted by atomic mass is 10.2. The molecule has 0 amide bonds. The van der Waals surface area contributed by atoms with Gasteiger partial charge in [-0.25, -0.2) is 4.99 Å². The molecule has 4 nitrogen and oxygen atoms in total. The summed E-state index contributed by atoms with van der Waals surface area (Å²) in [5.41, 5.74) is 3.65. The van der Waals surface area contributed by atoms with Crippen LogP contribution in [0.1, 0.15) is 18.1 Å². The smallest absolute Gasteiger partial charge is 0.191 e. The van der Waals surface area contributed by atoms with Gasteiger partial charge in [-0.15, -0.1) is 0 Å². The van der Waals surface area contributed by atoms with Crippen molar-refractivity contribution in [2.45, 2.75) is 20.0 Å². The van der Waals surface area contributed by atoms with Gasteiger partial charge < -0.3 is 15.5 Å². The van der Waals surface area contributed by atoms with Crippen molar-refractivity contribution < 1.29 is 0 Å². The minimum absolute atomic E-state index is 0.676. The first-order valence-electron chi connectivity index (χ1n) is 8.01. The van der Waals surface area contributed by atoms with Gasteiger partial charge in [0.25, 0.3) is 0 Å². The van der Waals surface area contributed by atoms with Crippen LogP contribution in [0.2, 0.25) is 0 Å². The van der Waals surface area contributed by atoms with Crippen molar-refractivity contribution in [1.82, 2.24) is 10.6 Å². The largest absolute Gasteiger partial charge is 0.378 e. The summed E-state index contributed by atoms with van der Waals surface area (Å²) < 4.78 is 0. The zero-order valence-electron chi connectivity index (χ0n) is 14.2. The van der Waals surface area contributed by atoms with E-state index in [9.17, 15) is 0 Å². The Labute approximate surface area is 139 Å². The summed E-state index contributed by atoms with van der Waals surface area (Å²) in [4.78, 5) is 6.73. The van der Waals surface area contributed by atoms with E-state index in [0.29, 0.717) is 6.54 Å². The average molecular weight is 310 g/mol. The topological polar surface area (TPSA) is 39.7 Å². The second-order valence-electron chi connectivity index (χ2n) is 5.60. The highest BCUT2D eigenvalue weighted by Gasteiger charge is 2.00. The monoisotopic (exact) mass is 310 g/mol. The first-order valence-corrected chi connectivity index (χ1v) is 8.01. The number of hydrogen-bond acceptors (Lipinski definition) is 2. The summed E-state index contributed by atoms with van der Waals surface area (Å²) in [6.07, 6.45) is 0. The van der Waals surface area contributed by atoms with Crippen LogP contribution in [0.3, 0.4) is 0 Å². The Morgan fingerprint density at radius 2 is 1.61 bits per heavy atom. The first-order chi connectivity index (χ1) is 11.2. The molecule has 0 aliphatic rings. The fraction of sp³-hybridized carbons (Fsp3) is 0.316. The molecule has 0 bridgehead atoms. The number of anilines is 1. The van der Waals surface area contributed by atoms with Crippen molar-refractivity contribution in [1.29, 1.82) is 0 Å². The number of benzene rings is 2. The molecule has 0 radical (unpaired) electrons. The zero-order chi connectivity index (χ0) is 16.5. The van der Waals surface area contributed by atoms with Gasteiger partial charge in [-0.2, -0.15) is 0 Å². The van der Waals surface area contributed by atoms with E-state index in [4.69, 9.17) is 0 Å². The van der Waals surface area contributed by atoms with E-state index in [1.54, 1.807) is 0 Å². The molecule has 0 saturated heterocycles. The molecule has 122 valence electrons. The summed E-state index contributed by atoms with van der Waals surface area (Å²) in [5, 5.41) is 6.66. The van der Waals surface area contributed by atoms with E-state index < -0.39 is 0 Å². The molecule has 2 rings (SSSR count). The summed E-state index contributed by atoms with van der Waals surface area (Å²) >= 11 is 0. The highest BCUT2D eigenvalue weighted by atomic mass is 15.2. The van der Waals surface area contributed by atoms with Crippen LogP contribution >= 0.6 is 0 Å². The van der Waals surface area contributed by atoms with Crippen LogP contribution < -0.4 is 15.5 Å². The molecule has 23 heavy (non-hydrogen) atoms. The number of hydrogen-bond donors (Lipinski definition) is 2. The molecule has 2 aromatic carbocycles. The van der Waals surface area contributed by atoms with E-state index in [1.165, 1.54) is 16.8 Å². The van der Waals surface area contributed by atoms with Crippen LogP contribution in [0.15, 0.2) is 59.6 Å². The van der Waals surface area contributed by atoms with Crippen molar-refractivity contribution in [2.75, 3.05) is 25.5 Å². The lowest BCUT2D eigenvalue weighted by Gasteiger charge is -2.14. The third-order valence-electron chi connectivity index (χ3n) is 3.52. The quantitative estimate of drug-likeness (QED) is 0.636. The van der Waals surface area contributed by atoms with E-state index in [0.717, 1.165) is 19.0 Å². The summed E-state index contributed by atoms with van der Waals surface area (Å²) in [6, 6.07) is 18.8. The number of nitrogens with one attached hydrogen (secondary N) is 2. The molecule has 0 aliphatic carbocycles. The Bertz CT molecular complexity index is 603. The minimum Gasteiger partial charge on any atom is -0.378 e. The summed E-state index contributed by atoms with van der Waals surface area (Å²) in [7, 11) is 4.10. The van der Waals surface area contributed by atoms with Crippen molar-refractivity contribution in [3.05, 3.63) is 65.7 Å². The van der Waals surface area contributed by atoms with Gasteiger partial charge in [0.2, 0.25) is 0 Å². The maximum Gasteiger partial charge on any atom is 0.191 e. The molecule has 0 saturated carbocycles. The third kappa shape index (κ3) is 5.66. The molecule has 0 aromatic heterocycles. The minimum atomic E-state index is 0.676. The number of guanidine groups is 1. The van der Waals surface area contributed by atoms with Crippen LogP contribution in [-0.4, -0.2) is 26.6 Å². The Morgan fingerprint density at radius 1 is 0.913 bits per heavy atom. The molecular weight excluding hydrogens is 284 g/mol. The van der Waals surface area contributed by atoms with E-state index >= 15 is 0 Å². The lowest BCUT2D eigenvalue weighted by molar-refractivity contribution is 0.816. The SMILES string of the molecule is CCNC(=NCc1ccccc1)NCc1ccc(N(C)C)cc1. The van der Waals surface area contributed by atoms with Gasteiger partial charge in [0.1, 0.15) is 0 Å². The van der Waals surface area contributed by atoms with Gasteiger partial charge in [0.05, 0.1) is 6.54 Å². The van der Waals surface area contributed by atoms with E-state index in [2.05, 4.69) is 63.8 Å². The summed E-state index contributed by atoms with van der Waals surface area (Å²) in [6.45, 7) is 4.36. The molecular formula is C19H26N4. The van der Waals surface area contributed by atoms with Crippen molar-refractivity contribution in [3.8, 4) is 0 Å². The third-order valence-corrected chi connectivity index (χ3v) is 3.52. The van der Waals surface area contributed by atoms with Gasteiger partial charge in [0.15, 0.2) is 5.96 Å². The van der Waals surface area contributed by atoms with Crippen molar-refractivity contribution in [3.63, 3.8) is 0 Å². The Kier molecular flexibility index (Phi) is 6.48. The second kappa shape index (κ2) is 8.83. The first kappa shape index (κ1) is 16.9. The van der Waals surface area contributed by atoms with Crippen LogP contribution in [0.25, 0.3) is 0 Å². The molecule has 2 aromatic rings. The molecule has 0 atom stereocenters. The normalized spacial score (nSPS) is 11.2. The number of nitrogens with zero attached hydrogens (tertiary/aromatic N) is 2. The Hall–Kier alpha value is -2.49. The van der Waals surface area contributed by atoms with Crippen LogP contribution in [0.5, 0.6) is 0 Å². The predicted molar refractivity (Wildman–Crippen MR) is 98.9 cm³/mol. The molecule has 4 heteroatoms. The molecule has 0 unspecified atom stereocenters. The second-order valence-corrected chi connectivity index (χ2v) is 5.60. The fourth-order valence-corrected chi connectivity index (χ4v) is 2.19. The Balaban J connectivity index is 1.93. The highest BCUT2D eigenvalue weighted by molar-refractivity contribution is 5.79. The highest BCUT2D eigenvalue weighted by Crippen LogP contribution is 2.11. The van der Waals surface area contributed by atoms with Crippen LogP contribution in [0, 0.1) is 0 Å². The molecule has 0 spiro atoms. The number of rotatable bonds is 6. The molecule has 2 N–H and O–H groups in total. The van der Waals surface area contributed by atoms with Crippen LogP contribution in [0.4, 0.5) is 5.69 Å². The molecule has 0 aliphatic heterocycles. The van der Waals surface area contributed by atoms with Gasteiger partial charge in [-0.05, 0) is 30.2 Å². The standard InChI is InChI=1S/C19H26N4/c1-4-20-19(21-14-16-8-6-5-7-9-16)22-15-17-10-12-18(13-11-17)23(2)3/h5-13H,4,14-15H2,1-3H3,(H2,20,21,22). The van der Waals surface area contributed by atoms with Crippen molar-refractivity contribution in [2.24, 2.45) is 4.99 Å². The summed E-state index contributed by atoms with van der Waals surface area (Å²) in [5.74, 6) is 0.841. The zero-order valence-corrected chi connectivity index (χ0v) is 14.2.